The minimum atomic E-state index is -3.57. The van der Waals surface area contributed by atoms with Crippen molar-refractivity contribution in [1.29, 1.82) is 0 Å². The topological polar surface area (TPSA) is 100 Å². The molecule has 0 radical (unpaired) electrons. The van der Waals surface area contributed by atoms with Gasteiger partial charge in [-0.3, -0.25) is 9.71 Å². The van der Waals surface area contributed by atoms with Gasteiger partial charge in [0.1, 0.15) is 5.82 Å². The fourth-order valence-electron chi connectivity index (χ4n) is 1.40. The van der Waals surface area contributed by atoms with E-state index in [1.807, 2.05) is 12.1 Å². The van der Waals surface area contributed by atoms with Gasteiger partial charge in [0.15, 0.2) is 5.82 Å². The average Bonchev–Trinajstić information content (AvgIpc) is 2.47. The SMILES string of the molecule is CN(C)S(=O)(=O)Nc1ccc(NCc2ccncc2)nn1. The van der Waals surface area contributed by atoms with E-state index in [0.29, 0.717) is 12.4 Å². The summed E-state index contributed by atoms with van der Waals surface area (Å²) in [6.07, 6.45) is 3.42. The molecule has 0 aliphatic heterocycles. The predicted molar refractivity (Wildman–Crippen MR) is 79.8 cm³/mol. The van der Waals surface area contributed by atoms with Crippen molar-refractivity contribution >= 4 is 21.8 Å². The Morgan fingerprint density at radius 3 is 2.24 bits per heavy atom. The van der Waals surface area contributed by atoms with Gasteiger partial charge in [0.2, 0.25) is 0 Å². The molecule has 2 aromatic rings. The van der Waals surface area contributed by atoms with Gasteiger partial charge in [0, 0.05) is 33.0 Å². The van der Waals surface area contributed by atoms with E-state index in [2.05, 4.69) is 25.2 Å². The molecule has 0 spiro atoms. The second kappa shape index (κ2) is 6.46. The summed E-state index contributed by atoms with van der Waals surface area (Å²) >= 11 is 0. The van der Waals surface area contributed by atoms with E-state index in [4.69, 9.17) is 0 Å². The van der Waals surface area contributed by atoms with Crippen molar-refractivity contribution in [2.24, 2.45) is 0 Å². The largest absolute Gasteiger partial charge is 0.365 e. The zero-order chi connectivity index (χ0) is 15.3. The van der Waals surface area contributed by atoms with Crippen LogP contribution in [-0.4, -0.2) is 42.0 Å². The highest BCUT2D eigenvalue weighted by molar-refractivity contribution is 7.90. The number of hydrogen-bond donors (Lipinski definition) is 2. The fraction of sp³-hybridized carbons (Fsp3) is 0.250. The molecule has 0 unspecified atom stereocenters. The highest BCUT2D eigenvalue weighted by Crippen LogP contribution is 2.09. The van der Waals surface area contributed by atoms with Gasteiger partial charge in [-0.15, -0.1) is 10.2 Å². The molecule has 8 nitrogen and oxygen atoms in total. The maximum absolute atomic E-state index is 11.6. The van der Waals surface area contributed by atoms with E-state index < -0.39 is 10.2 Å². The maximum atomic E-state index is 11.6. The molecule has 21 heavy (non-hydrogen) atoms. The first-order valence-corrected chi connectivity index (χ1v) is 7.58. The number of rotatable bonds is 6. The Kier molecular flexibility index (Phi) is 4.66. The molecule has 0 saturated heterocycles. The molecule has 0 saturated carbocycles. The normalized spacial score (nSPS) is 11.4. The van der Waals surface area contributed by atoms with Crippen molar-refractivity contribution in [1.82, 2.24) is 19.5 Å². The second-order valence-electron chi connectivity index (χ2n) is 4.40. The Morgan fingerprint density at radius 2 is 1.67 bits per heavy atom. The number of hydrogen-bond acceptors (Lipinski definition) is 6. The van der Waals surface area contributed by atoms with Crippen LogP contribution < -0.4 is 10.0 Å². The molecule has 0 aliphatic rings. The molecule has 0 atom stereocenters. The van der Waals surface area contributed by atoms with E-state index in [-0.39, 0.29) is 5.82 Å². The van der Waals surface area contributed by atoms with Gasteiger partial charge in [0.05, 0.1) is 0 Å². The van der Waals surface area contributed by atoms with E-state index >= 15 is 0 Å². The van der Waals surface area contributed by atoms with Crippen LogP contribution in [0.2, 0.25) is 0 Å². The van der Waals surface area contributed by atoms with Gasteiger partial charge in [-0.1, -0.05) is 0 Å². The molecule has 2 N–H and O–H groups in total. The Labute approximate surface area is 123 Å². The summed E-state index contributed by atoms with van der Waals surface area (Å²) in [6.45, 7) is 0.583. The molecule has 2 aromatic heterocycles. The maximum Gasteiger partial charge on any atom is 0.302 e. The lowest BCUT2D eigenvalue weighted by Crippen LogP contribution is -2.29. The lowest BCUT2D eigenvalue weighted by Gasteiger charge is -2.12. The van der Waals surface area contributed by atoms with Gasteiger partial charge in [-0.25, -0.2) is 0 Å². The third kappa shape index (κ3) is 4.36. The molecule has 2 heterocycles. The molecule has 0 fully saturated rings. The minimum absolute atomic E-state index is 0.165. The third-order valence-corrected chi connectivity index (χ3v) is 4.03. The molecular formula is C12H16N6O2S. The Hall–Kier alpha value is -2.26. The Morgan fingerprint density at radius 1 is 1.05 bits per heavy atom. The van der Waals surface area contributed by atoms with E-state index in [1.54, 1.807) is 24.5 Å². The molecule has 0 bridgehead atoms. The van der Waals surface area contributed by atoms with Crippen molar-refractivity contribution in [2.75, 3.05) is 24.1 Å². The number of aromatic nitrogens is 3. The molecule has 0 aromatic carbocycles. The summed E-state index contributed by atoms with van der Waals surface area (Å²) in [7, 11) is -0.704. The summed E-state index contributed by atoms with van der Waals surface area (Å²) in [5.74, 6) is 0.720. The van der Waals surface area contributed by atoms with Crippen LogP contribution in [0.4, 0.5) is 11.6 Å². The van der Waals surface area contributed by atoms with Gasteiger partial charge in [0.25, 0.3) is 0 Å². The molecule has 2 rings (SSSR count). The van der Waals surface area contributed by atoms with Crippen molar-refractivity contribution < 1.29 is 8.42 Å². The first-order valence-electron chi connectivity index (χ1n) is 6.14. The number of nitrogens with zero attached hydrogens (tertiary/aromatic N) is 4. The van der Waals surface area contributed by atoms with E-state index in [1.165, 1.54) is 14.1 Å². The Bertz CT molecular complexity index is 673. The van der Waals surface area contributed by atoms with E-state index in [0.717, 1.165) is 9.87 Å². The highest BCUT2D eigenvalue weighted by Gasteiger charge is 2.13. The van der Waals surface area contributed by atoms with Crippen molar-refractivity contribution in [3.05, 3.63) is 42.2 Å². The van der Waals surface area contributed by atoms with Crippen LogP contribution in [0.15, 0.2) is 36.7 Å². The molecule has 112 valence electrons. The summed E-state index contributed by atoms with van der Waals surface area (Å²) in [6, 6.07) is 6.98. The van der Waals surface area contributed by atoms with Crippen LogP contribution in [0.25, 0.3) is 0 Å². The quantitative estimate of drug-likeness (QED) is 0.815. The van der Waals surface area contributed by atoms with Gasteiger partial charge < -0.3 is 5.32 Å². The minimum Gasteiger partial charge on any atom is -0.365 e. The zero-order valence-corrected chi connectivity index (χ0v) is 12.5. The molecule has 0 amide bonds. The summed E-state index contributed by atoms with van der Waals surface area (Å²) < 4.78 is 26.6. The van der Waals surface area contributed by atoms with Crippen LogP contribution in [-0.2, 0) is 16.8 Å². The second-order valence-corrected chi connectivity index (χ2v) is 6.29. The Balaban J connectivity index is 1.96. The lowest BCUT2D eigenvalue weighted by atomic mass is 10.3. The summed E-state index contributed by atoms with van der Waals surface area (Å²) in [4.78, 5) is 3.94. The first-order chi connectivity index (χ1) is 9.97. The zero-order valence-electron chi connectivity index (χ0n) is 11.7. The van der Waals surface area contributed by atoms with E-state index in [9.17, 15) is 8.42 Å². The molecule has 9 heteroatoms. The first kappa shape index (κ1) is 15.1. The van der Waals surface area contributed by atoms with Gasteiger partial charge in [-0.05, 0) is 29.8 Å². The molecule has 0 aliphatic carbocycles. The van der Waals surface area contributed by atoms with Crippen molar-refractivity contribution in [3.8, 4) is 0 Å². The van der Waals surface area contributed by atoms with Crippen LogP contribution in [0, 0.1) is 0 Å². The number of nitrogens with one attached hydrogen (secondary N) is 2. The van der Waals surface area contributed by atoms with Gasteiger partial charge in [-0.2, -0.15) is 12.7 Å². The van der Waals surface area contributed by atoms with Crippen LogP contribution in [0.3, 0.4) is 0 Å². The monoisotopic (exact) mass is 308 g/mol. The molecular weight excluding hydrogens is 292 g/mol. The van der Waals surface area contributed by atoms with Gasteiger partial charge >= 0.3 is 10.2 Å². The van der Waals surface area contributed by atoms with Crippen LogP contribution >= 0.6 is 0 Å². The lowest BCUT2D eigenvalue weighted by molar-refractivity contribution is 0.526. The summed E-state index contributed by atoms with van der Waals surface area (Å²) in [5, 5.41) is 10.8. The average molecular weight is 308 g/mol. The van der Waals surface area contributed by atoms with Crippen molar-refractivity contribution in [2.45, 2.75) is 6.54 Å². The highest BCUT2D eigenvalue weighted by atomic mass is 32.2. The predicted octanol–water partition coefficient (Wildman–Crippen LogP) is 0.702. The number of anilines is 2. The number of pyridine rings is 1. The smallest absolute Gasteiger partial charge is 0.302 e. The van der Waals surface area contributed by atoms with Crippen molar-refractivity contribution in [3.63, 3.8) is 0 Å². The standard InChI is InChI=1S/C12H16N6O2S/c1-18(2)21(19,20)17-12-4-3-11(15-16-12)14-9-10-5-7-13-8-6-10/h3-8H,9H2,1-2H3,(H,14,15)(H,16,17). The summed E-state index contributed by atoms with van der Waals surface area (Å²) in [5.41, 5.74) is 1.06. The van der Waals surface area contributed by atoms with Crippen LogP contribution in [0.5, 0.6) is 0 Å². The third-order valence-electron chi connectivity index (χ3n) is 2.60. The van der Waals surface area contributed by atoms with Crippen LogP contribution in [0.1, 0.15) is 5.56 Å². The fourth-order valence-corrected chi connectivity index (χ4v) is 1.95.